The number of rotatable bonds is 2. The summed E-state index contributed by atoms with van der Waals surface area (Å²) in [6, 6.07) is 5.28. The summed E-state index contributed by atoms with van der Waals surface area (Å²) >= 11 is 11.1. The molecule has 0 atom stereocenters. The number of aliphatic carboxylic acids is 1. The maximum absolute atomic E-state index is 10.9. The summed E-state index contributed by atoms with van der Waals surface area (Å²) in [5.41, 5.74) is 2.54. The van der Waals surface area contributed by atoms with Gasteiger partial charge in [0.25, 0.3) is 0 Å². The molecule has 1 rings (SSSR count). The van der Waals surface area contributed by atoms with Crippen molar-refractivity contribution in [2.75, 3.05) is 0 Å². The number of aryl methyl sites for hydroxylation is 2. The lowest BCUT2D eigenvalue weighted by atomic mass is 10.0. The predicted molar refractivity (Wildman–Crippen MR) is 62.2 cm³/mol. The predicted octanol–water partition coefficient (Wildman–Crippen LogP) is 3.53. The molecular formula is C11H10Cl2O2. The highest BCUT2D eigenvalue weighted by Crippen LogP contribution is 2.26. The fraction of sp³-hybridized carbons (Fsp3) is 0.182. The van der Waals surface area contributed by atoms with E-state index in [-0.39, 0.29) is 10.1 Å². The first-order valence-corrected chi connectivity index (χ1v) is 5.05. The van der Waals surface area contributed by atoms with E-state index in [4.69, 9.17) is 28.3 Å². The van der Waals surface area contributed by atoms with Crippen molar-refractivity contribution < 1.29 is 9.90 Å². The van der Waals surface area contributed by atoms with Crippen LogP contribution in [0.25, 0.3) is 5.57 Å². The lowest BCUT2D eigenvalue weighted by Gasteiger charge is -2.06. The molecule has 0 amide bonds. The Labute approximate surface area is 98.1 Å². The van der Waals surface area contributed by atoms with Crippen molar-refractivity contribution in [3.63, 3.8) is 0 Å². The molecule has 0 fully saturated rings. The lowest BCUT2D eigenvalue weighted by Crippen LogP contribution is -2.01. The molecule has 2 nitrogen and oxygen atoms in total. The van der Waals surface area contributed by atoms with E-state index < -0.39 is 5.97 Å². The Kier molecular flexibility index (Phi) is 3.77. The second-order valence-electron chi connectivity index (χ2n) is 3.24. The quantitative estimate of drug-likeness (QED) is 0.809. The minimum Gasteiger partial charge on any atom is -0.478 e. The highest BCUT2D eigenvalue weighted by atomic mass is 35.5. The van der Waals surface area contributed by atoms with Crippen LogP contribution >= 0.6 is 23.2 Å². The Morgan fingerprint density at radius 2 is 1.80 bits per heavy atom. The zero-order chi connectivity index (χ0) is 11.6. The Morgan fingerprint density at radius 3 is 2.20 bits per heavy atom. The molecule has 1 aromatic carbocycles. The lowest BCUT2D eigenvalue weighted by molar-refractivity contribution is -0.130. The zero-order valence-electron chi connectivity index (χ0n) is 8.34. The molecule has 0 radical (unpaired) electrons. The van der Waals surface area contributed by atoms with Crippen LogP contribution in [0.1, 0.15) is 16.7 Å². The highest BCUT2D eigenvalue weighted by molar-refractivity contribution is 6.61. The molecule has 0 saturated carbocycles. The Hall–Kier alpha value is -0.990. The summed E-state index contributed by atoms with van der Waals surface area (Å²) in [4.78, 5) is 10.9. The van der Waals surface area contributed by atoms with Crippen molar-refractivity contribution in [3.8, 4) is 0 Å². The molecule has 0 unspecified atom stereocenters. The number of benzene rings is 1. The van der Waals surface area contributed by atoms with Crippen LogP contribution in [0.4, 0.5) is 0 Å². The van der Waals surface area contributed by atoms with Crippen LogP contribution in [0.15, 0.2) is 22.7 Å². The third kappa shape index (κ3) is 2.74. The van der Waals surface area contributed by atoms with Gasteiger partial charge in [-0.05, 0) is 30.5 Å². The molecule has 0 aromatic heterocycles. The van der Waals surface area contributed by atoms with Crippen molar-refractivity contribution in [2.45, 2.75) is 13.8 Å². The van der Waals surface area contributed by atoms with Gasteiger partial charge in [-0.15, -0.1) is 0 Å². The molecule has 0 aliphatic heterocycles. The molecular weight excluding hydrogens is 235 g/mol. The van der Waals surface area contributed by atoms with Gasteiger partial charge >= 0.3 is 5.97 Å². The normalized spacial score (nSPS) is 9.87. The van der Waals surface area contributed by atoms with Gasteiger partial charge in [-0.1, -0.05) is 41.4 Å². The second-order valence-corrected chi connectivity index (χ2v) is 4.19. The van der Waals surface area contributed by atoms with E-state index in [1.807, 2.05) is 19.9 Å². The van der Waals surface area contributed by atoms with Crippen LogP contribution in [0.2, 0.25) is 0 Å². The molecule has 0 bridgehead atoms. The van der Waals surface area contributed by atoms with E-state index in [1.54, 1.807) is 12.1 Å². The van der Waals surface area contributed by atoms with Crippen molar-refractivity contribution >= 4 is 34.7 Å². The van der Waals surface area contributed by atoms with Crippen molar-refractivity contribution in [2.24, 2.45) is 0 Å². The summed E-state index contributed by atoms with van der Waals surface area (Å²) in [7, 11) is 0. The van der Waals surface area contributed by atoms with Crippen molar-refractivity contribution in [1.29, 1.82) is 0 Å². The minimum absolute atomic E-state index is 0.0681. The molecule has 4 heteroatoms. The van der Waals surface area contributed by atoms with Crippen molar-refractivity contribution in [3.05, 3.63) is 39.4 Å². The van der Waals surface area contributed by atoms with Crippen LogP contribution in [-0.4, -0.2) is 11.1 Å². The number of carboxylic acids is 1. The van der Waals surface area contributed by atoms with E-state index in [1.165, 1.54) is 0 Å². The first-order valence-electron chi connectivity index (χ1n) is 4.29. The smallest absolute Gasteiger partial charge is 0.338 e. The SMILES string of the molecule is Cc1ccc(C(C(=O)O)=C(Cl)Cl)cc1C. The van der Waals surface area contributed by atoms with Gasteiger partial charge in [0.05, 0.1) is 5.57 Å². The largest absolute Gasteiger partial charge is 0.478 e. The van der Waals surface area contributed by atoms with Crippen LogP contribution in [0.5, 0.6) is 0 Å². The first kappa shape index (κ1) is 12.1. The minimum atomic E-state index is -1.13. The maximum atomic E-state index is 10.9. The molecule has 1 aromatic rings. The van der Waals surface area contributed by atoms with E-state index in [9.17, 15) is 4.79 Å². The maximum Gasteiger partial charge on any atom is 0.338 e. The molecule has 15 heavy (non-hydrogen) atoms. The van der Waals surface area contributed by atoms with E-state index in [2.05, 4.69) is 0 Å². The number of hydrogen-bond donors (Lipinski definition) is 1. The Bertz CT molecular complexity index is 432. The third-order valence-corrected chi connectivity index (χ3v) is 2.58. The Balaban J connectivity index is 3.32. The van der Waals surface area contributed by atoms with Gasteiger partial charge < -0.3 is 5.11 Å². The molecule has 0 aliphatic rings. The number of halogens is 2. The summed E-state index contributed by atoms with van der Waals surface area (Å²) in [5.74, 6) is -1.13. The second kappa shape index (κ2) is 4.69. The van der Waals surface area contributed by atoms with E-state index in [0.29, 0.717) is 5.56 Å². The molecule has 0 aliphatic carbocycles. The van der Waals surface area contributed by atoms with Gasteiger partial charge in [0.1, 0.15) is 4.49 Å². The topological polar surface area (TPSA) is 37.3 Å². The fourth-order valence-electron chi connectivity index (χ4n) is 1.21. The molecule has 0 spiro atoms. The van der Waals surface area contributed by atoms with Crippen LogP contribution < -0.4 is 0 Å². The number of carboxylic acid groups (broad SMARTS) is 1. The molecule has 0 heterocycles. The summed E-state index contributed by atoms with van der Waals surface area (Å²) in [6.07, 6.45) is 0. The molecule has 80 valence electrons. The van der Waals surface area contributed by atoms with Gasteiger partial charge in [-0.2, -0.15) is 0 Å². The molecule has 0 saturated heterocycles. The third-order valence-electron chi connectivity index (χ3n) is 2.20. The fourth-order valence-corrected chi connectivity index (χ4v) is 1.59. The molecule has 1 N–H and O–H groups in total. The van der Waals surface area contributed by atoms with Gasteiger partial charge in [0, 0.05) is 0 Å². The van der Waals surface area contributed by atoms with E-state index in [0.717, 1.165) is 11.1 Å². The van der Waals surface area contributed by atoms with Gasteiger partial charge in [0.15, 0.2) is 0 Å². The van der Waals surface area contributed by atoms with Crippen LogP contribution in [-0.2, 0) is 4.79 Å². The van der Waals surface area contributed by atoms with E-state index >= 15 is 0 Å². The monoisotopic (exact) mass is 244 g/mol. The average Bonchev–Trinajstić information content (AvgIpc) is 2.10. The van der Waals surface area contributed by atoms with Crippen LogP contribution in [0.3, 0.4) is 0 Å². The summed E-state index contributed by atoms with van der Waals surface area (Å²) in [5, 5.41) is 8.93. The summed E-state index contributed by atoms with van der Waals surface area (Å²) < 4.78 is -0.231. The standard InChI is InChI=1S/C11H10Cl2O2/c1-6-3-4-8(5-7(6)2)9(10(12)13)11(14)15/h3-5H,1-2H3,(H,14,15). The first-order chi connectivity index (χ1) is 6.93. The van der Waals surface area contributed by atoms with Gasteiger partial charge in [-0.3, -0.25) is 0 Å². The van der Waals surface area contributed by atoms with Gasteiger partial charge in [0.2, 0.25) is 0 Å². The van der Waals surface area contributed by atoms with Gasteiger partial charge in [-0.25, -0.2) is 4.79 Å². The van der Waals surface area contributed by atoms with Crippen molar-refractivity contribution in [1.82, 2.24) is 0 Å². The number of carbonyl (C=O) groups is 1. The average molecular weight is 245 g/mol. The highest BCUT2D eigenvalue weighted by Gasteiger charge is 2.14. The Morgan fingerprint density at radius 1 is 1.20 bits per heavy atom. The summed E-state index contributed by atoms with van der Waals surface area (Å²) in [6.45, 7) is 3.85. The number of hydrogen-bond acceptors (Lipinski definition) is 1. The zero-order valence-corrected chi connectivity index (χ0v) is 9.86. The van der Waals surface area contributed by atoms with Crippen LogP contribution in [0, 0.1) is 13.8 Å².